The molecule has 0 unspecified atom stereocenters. The van der Waals surface area contributed by atoms with Crippen molar-refractivity contribution in [3.63, 3.8) is 0 Å². The monoisotopic (exact) mass is 300 g/mol. The van der Waals surface area contributed by atoms with Crippen molar-refractivity contribution >= 4 is 51.9 Å². The minimum Gasteiger partial charge on any atom is -0.398 e. The summed E-state index contributed by atoms with van der Waals surface area (Å²) in [4.78, 5) is 0. The highest BCUT2D eigenvalue weighted by Crippen LogP contribution is 2.34. The van der Waals surface area contributed by atoms with E-state index in [1.807, 2.05) is 25.1 Å². The Hall–Kier alpha value is -1.09. The first-order valence-electron chi connectivity index (χ1n) is 5.25. The molecule has 0 aromatic heterocycles. The van der Waals surface area contributed by atoms with E-state index in [1.54, 1.807) is 12.1 Å². The van der Waals surface area contributed by atoms with E-state index < -0.39 is 0 Å². The largest absolute Gasteiger partial charge is 0.398 e. The quantitative estimate of drug-likeness (QED) is 0.585. The normalized spacial score (nSPS) is 10.4. The second-order valence-corrected chi connectivity index (χ2v) is 5.16. The molecule has 0 aliphatic heterocycles. The molecule has 2 aromatic carbocycles. The summed E-state index contributed by atoms with van der Waals surface area (Å²) in [6.45, 7) is 1.95. The van der Waals surface area contributed by atoms with E-state index in [0.717, 1.165) is 16.9 Å². The number of anilines is 3. The van der Waals surface area contributed by atoms with Gasteiger partial charge in [0.15, 0.2) is 0 Å². The maximum absolute atomic E-state index is 6.09. The van der Waals surface area contributed by atoms with Crippen LogP contribution in [0.2, 0.25) is 15.1 Å². The number of nitrogens with one attached hydrogen (secondary N) is 1. The summed E-state index contributed by atoms with van der Waals surface area (Å²) in [5, 5.41) is 4.53. The predicted octanol–water partition coefficient (Wildman–Crippen LogP) is 5.28. The van der Waals surface area contributed by atoms with Crippen LogP contribution in [0.5, 0.6) is 0 Å². The lowest BCUT2D eigenvalue weighted by molar-refractivity contribution is 1.45. The summed E-state index contributed by atoms with van der Waals surface area (Å²) < 4.78 is 0. The van der Waals surface area contributed by atoms with Crippen molar-refractivity contribution in [2.24, 2.45) is 0 Å². The summed E-state index contributed by atoms with van der Waals surface area (Å²) in [7, 11) is 0. The number of hydrogen-bond acceptors (Lipinski definition) is 2. The lowest BCUT2D eigenvalue weighted by atomic mass is 10.2. The lowest BCUT2D eigenvalue weighted by Crippen LogP contribution is -1.95. The maximum Gasteiger partial charge on any atom is 0.0656 e. The Kier molecular flexibility index (Phi) is 3.91. The van der Waals surface area contributed by atoms with E-state index in [0.29, 0.717) is 20.8 Å². The summed E-state index contributed by atoms with van der Waals surface area (Å²) in [6, 6.07) is 8.98. The summed E-state index contributed by atoms with van der Waals surface area (Å²) in [5.41, 5.74) is 9.13. The van der Waals surface area contributed by atoms with Gasteiger partial charge < -0.3 is 11.1 Å². The molecule has 0 saturated heterocycles. The van der Waals surface area contributed by atoms with Crippen molar-refractivity contribution < 1.29 is 0 Å². The first kappa shape index (κ1) is 13.3. The minimum atomic E-state index is 0.427. The SMILES string of the molecule is Cc1ccc(Nc2cc(Cl)c(Cl)cc2Cl)cc1N. The van der Waals surface area contributed by atoms with E-state index in [1.165, 1.54) is 0 Å². The molecule has 5 heteroatoms. The standard InChI is InChI=1S/C13H11Cl3N2/c1-7-2-3-8(4-12(7)17)18-13-6-10(15)9(14)5-11(13)16/h2-6,18H,17H2,1H3. The van der Waals surface area contributed by atoms with Gasteiger partial charge in [-0.05, 0) is 36.8 Å². The topological polar surface area (TPSA) is 38.0 Å². The van der Waals surface area contributed by atoms with Crippen LogP contribution in [-0.4, -0.2) is 0 Å². The van der Waals surface area contributed by atoms with E-state index >= 15 is 0 Å². The van der Waals surface area contributed by atoms with Gasteiger partial charge in [0.1, 0.15) is 0 Å². The average Bonchev–Trinajstić information content (AvgIpc) is 2.31. The van der Waals surface area contributed by atoms with Crippen LogP contribution in [0.4, 0.5) is 17.1 Å². The summed E-state index contributed by atoms with van der Waals surface area (Å²) >= 11 is 17.9. The zero-order valence-electron chi connectivity index (χ0n) is 9.60. The molecule has 0 atom stereocenters. The van der Waals surface area contributed by atoms with E-state index in [4.69, 9.17) is 40.5 Å². The number of aryl methyl sites for hydroxylation is 1. The third-order valence-corrected chi connectivity index (χ3v) is 3.60. The Morgan fingerprint density at radius 3 is 2.28 bits per heavy atom. The number of benzene rings is 2. The fourth-order valence-electron chi connectivity index (χ4n) is 1.49. The highest BCUT2D eigenvalue weighted by Gasteiger charge is 2.06. The maximum atomic E-state index is 6.09. The number of nitrogens with two attached hydrogens (primary N) is 1. The van der Waals surface area contributed by atoms with Crippen LogP contribution in [0.25, 0.3) is 0 Å². The molecule has 0 spiro atoms. The fraction of sp³-hybridized carbons (Fsp3) is 0.0769. The number of halogens is 3. The molecule has 0 heterocycles. The van der Waals surface area contributed by atoms with Gasteiger partial charge in [0.2, 0.25) is 0 Å². The van der Waals surface area contributed by atoms with Crippen LogP contribution in [0.1, 0.15) is 5.56 Å². The number of hydrogen-bond donors (Lipinski definition) is 2. The van der Waals surface area contributed by atoms with Crippen molar-refractivity contribution in [3.8, 4) is 0 Å². The zero-order chi connectivity index (χ0) is 13.3. The van der Waals surface area contributed by atoms with Gasteiger partial charge in [-0.2, -0.15) is 0 Å². The van der Waals surface area contributed by atoms with Gasteiger partial charge in [-0.15, -0.1) is 0 Å². The third-order valence-electron chi connectivity index (χ3n) is 2.57. The van der Waals surface area contributed by atoms with Gasteiger partial charge in [-0.25, -0.2) is 0 Å². The van der Waals surface area contributed by atoms with Gasteiger partial charge in [0.05, 0.1) is 20.8 Å². The van der Waals surface area contributed by atoms with Crippen molar-refractivity contribution in [2.75, 3.05) is 11.1 Å². The predicted molar refractivity (Wildman–Crippen MR) is 80.3 cm³/mol. The van der Waals surface area contributed by atoms with Crippen molar-refractivity contribution in [2.45, 2.75) is 6.92 Å². The number of nitrogen functional groups attached to an aromatic ring is 1. The van der Waals surface area contributed by atoms with Crippen LogP contribution in [-0.2, 0) is 0 Å². The highest BCUT2D eigenvalue weighted by molar-refractivity contribution is 6.44. The fourth-order valence-corrected chi connectivity index (χ4v) is 2.09. The number of rotatable bonds is 2. The Bertz CT molecular complexity index is 597. The Morgan fingerprint density at radius 1 is 0.944 bits per heavy atom. The molecule has 0 radical (unpaired) electrons. The summed E-state index contributed by atoms with van der Waals surface area (Å²) in [6.07, 6.45) is 0. The molecular weight excluding hydrogens is 291 g/mol. The van der Waals surface area contributed by atoms with Crippen LogP contribution in [0.15, 0.2) is 30.3 Å². The summed E-state index contributed by atoms with van der Waals surface area (Å²) in [5.74, 6) is 0. The Labute approximate surface area is 121 Å². The van der Waals surface area contributed by atoms with Gasteiger partial charge in [0, 0.05) is 11.4 Å². The first-order valence-corrected chi connectivity index (χ1v) is 6.38. The Morgan fingerprint density at radius 2 is 1.61 bits per heavy atom. The molecule has 2 rings (SSSR count). The zero-order valence-corrected chi connectivity index (χ0v) is 11.9. The second kappa shape index (κ2) is 5.27. The van der Waals surface area contributed by atoms with Crippen molar-refractivity contribution in [1.29, 1.82) is 0 Å². The molecule has 2 nitrogen and oxygen atoms in total. The van der Waals surface area contributed by atoms with E-state index in [9.17, 15) is 0 Å². The third kappa shape index (κ3) is 2.83. The molecule has 0 fully saturated rings. The highest BCUT2D eigenvalue weighted by atomic mass is 35.5. The van der Waals surface area contributed by atoms with Crippen LogP contribution >= 0.6 is 34.8 Å². The molecule has 0 saturated carbocycles. The molecule has 94 valence electrons. The molecule has 0 aliphatic rings. The van der Waals surface area contributed by atoms with Crippen LogP contribution in [0, 0.1) is 6.92 Å². The smallest absolute Gasteiger partial charge is 0.0656 e. The van der Waals surface area contributed by atoms with Crippen LogP contribution < -0.4 is 11.1 Å². The van der Waals surface area contributed by atoms with Crippen molar-refractivity contribution in [3.05, 3.63) is 51.0 Å². The van der Waals surface area contributed by atoms with Gasteiger partial charge >= 0.3 is 0 Å². The van der Waals surface area contributed by atoms with Crippen LogP contribution in [0.3, 0.4) is 0 Å². The molecule has 0 bridgehead atoms. The lowest BCUT2D eigenvalue weighted by Gasteiger charge is -2.11. The molecular formula is C13H11Cl3N2. The molecule has 3 N–H and O–H groups in total. The molecule has 2 aromatic rings. The average molecular weight is 302 g/mol. The van der Waals surface area contributed by atoms with E-state index in [2.05, 4.69) is 5.32 Å². The Balaban J connectivity index is 2.34. The first-order chi connectivity index (χ1) is 8.47. The second-order valence-electron chi connectivity index (χ2n) is 3.94. The van der Waals surface area contributed by atoms with Gasteiger partial charge in [-0.3, -0.25) is 0 Å². The minimum absolute atomic E-state index is 0.427. The van der Waals surface area contributed by atoms with E-state index in [-0.39, 0.29) is 0 Å². The molecule has 18 heavy (non-hydrogen) atoms. The van der Waals surface area contributed by atoms with Gasteiger partial charge in [-0.1, -0.05) is 40.9 Å². The molecule has 0 aliphatic carbocycles. The molecule has 0 amide bonds. The van der Waals surface area contributed by atoms with Crippen molar-refractivity contribution in [1.82, 2.24) is 0 Å². The van der Waals surface area contributed by atoms with Gasteiger partial charge in [0.25, 0.3) is 0 Å².